The van der Waals surface area contributed by atoms with Crippen molar-refractivity contribution >= 4 is 17.4 Å². The molecule has 3 heterocycles. The first-order chi connectivity index (χ1) is 19.5. The normalized spacial score (nSPS) is 15.0. The van der Waals surface area contributed by atoms with E-state index in [0.29, 0.717) is 31.2 Å². The van der Waals surface area contributed by atoms with Crippen molar-refractivity contribution in [3.8, 4) is 5.88 Å². The number of rotatable bonds is 11. The minimum Gasteiger partial charge on any atom is -0.478 e. The Bertz CT molecular complexity index is 1300. The van der Waals surface area contributed by atoms with Crippen LogP contribution in [0.2, 0.25) is 0 Å². The molecule has 1 aliphatic rings. The third kappa shape index (κ3) is 8.12. The Balaban J connectivity index is 1.30. The number of likely N-dealkylation sites (tertiary alicyclic amines) is 1. The number of aromatic nitrogens is 2. The van der Waals surface area contributed by atoms with E-state index in [1.807, 2.05) is 6.07 Å². The summed E-state index contributed by atoms with van der Waals surface area (Å²) in [5.74, 6) is -4.10. The molecule has 0 spiro atoms. The molecule has 7 nitrogen and oxygen atoms in total. The van der Waals surface area contributed by atoms with Gasteiger partial charge >= 0.3 is 12.1 Å². The van der Waals surface area contributed by atoms with Crippen LogP contribution in [0.3, 0.4) is 0 Å². The van der Waals surface area contributed by atoms with Gasteiger partial charge in [0, 0.05) is 36.3 Å². The number of ether oxygens (including phenoxy) is 1. The van der Waals surface area contributed by atoms with Gasteiger partial charge in [-0.05, 0) is 87.6 Å². The number of anilines is 2. The van der Waals surface area contributed by atoms with Crippen molar-refractivity contribution in [2.45, 2.75) is 44.3 Å². The maximum absolute atomic E-state index is 13.5. The highest BCUT2D eigenvalue weighted by Gasteiger charge is 2.58. The minimum atomic E-state index is -5.72. The molecular formula is C29H32F5N5O2. The van der Waals surface area contributed by atoms with E-state index < -0.39 is 23.6 Å². The van der Waals surface area contributed by atoms with Gasteiger partial charge in [-0.25, -0.2) is 9.97 Å². The molecule has 0 aliphatic carbocycles. The van der Waals surface area contributed by atoms with E-state index in [9.17, 15) is 26.7 Å². The molecule has 41 heavy (non-hydrogen) atoms. The van der Waals surface area contributed by atoms with Crippen molar-refractivity contribution < 1.29 is 31.5 Å². The summed E-state index contributed by atoms with van der Waals surface area (Å²) in [6.07, 6.45) is 1.94. The molecule has 2 N–H and O–H groups in total. The number of piperidine rings is 1. The lowest BCUT2D eigenvalue weighted by atomic mass is 9.93. The number of carbonyl (C=O) groups excluding carboxylic acids is 1. The zero-order valence-electron chi connectivity index (χ0n) is 22.6. The van der Waals surface area contributed by atoms with Crippen LogP contribution in [-0.2, 0) is 12.5 Å². The van der Waals surface area contributed by atoms with Crippen molar-refractivity contribution in [3.05, 3.63) is 77.6 Å². The molecule has 1 aliphatic heterocycles. The number of nitrogens with zero attached hydrogens (tertiary/aromatic N) is 3. The molecular weight excluding hydrogens is 545 g/mol. The Kier molecular flexibility index (Phi) is 9.74. The maximum Gasteiger partial charge on any atom is 0.458 e. The summed E-state index contributed by atoms with van der Waals surface area (Å²) in [7, 11) is 2.15. The second-order valence-electron chi connectivity index (χ2n) is 10.1. The van der Waals surface area contributed by atoms with Gasteiger partial charge in [0.2, 0.25) is 5.88 Å². The molecule has 0 radical (unpaired) electrons. The largest absolute Gasteiger partial charge is 0.478 e. The van der Waals surface area contributed by atoms with Crippen LogP contribution in [0.15, 0.2) is 60.9 Å². The van der Waals surface area contributed by atoms with E-state index in [0.717, 1.165) is 49.5 Å². The lowest BCUT2D eigenvalue weighted by Crippen LogP contribution is -2.33. The first-order valence-corrected chi connectivity index (χ1v) is 13.3. The molecule has 2 aromatic heterocycles. The Morgan fingerprint density at radius 1 is 1.02 bits per heavy atom. The molecule has 0 unspecified atom stereocenters. The maximum atomic E-state index is 13.5. The van der Waals surface area contributed by atoms with E-state index in [4.69, 9.17) is 4.74 Å². The van der Waals surface area contributed by atoms with E-state index in [1.165, 1.54) is 25.1 Å². The van der Waals surface area contributed by atoms with Crippen molar-refractivity contribution in [2.75, 3.05) is 37.4 Å². The fourth-order valence-electron chi connectivity index (χ4n) is 4.58. The van der Waals surface area contributed by atoms with E-state index in [-0.39, 0.29) is 17.1 Å². The van der Waals surface area contributed by atoms with Crippen molar-refractivity contribution in [1.29, 1.82) is 0 Å². The Morgan fingerprint density at radius 2 is 1.76 bits per heavy atom. The Labute approximate surface area is 235 Å². The second kappa shape index (κ2) is 13.2. The van der Waals surface area contributed by atoms with Gasteiger partial charge in [0.1, 0.15) is 5.82 Å². The highest BCUT2D eigenvalue weighted by Crippen LogP contribution is 2.44. The Morgan fingerprint density at radius 3 is 2.46 bits per heavy atom. The molecule has 220 valence electrons. The summed E-state index contributed by atoms with van der Waals surface area (Å²) in [5, 5.41) is 5.60. The monoisotopic (exact) mass is 577 g/mol. The smallest absolute Gasteiger partial charge is 0.458 e. The van der Waals surface area contributed by atoms with Crippen molar-refractivity contribution in [1.82, 2.24) is 14.9 Å². The molecule has 3 aromatic rings. The predicted octanol–water partition coefficient (Wildman–Crippen LogP) is 6.50. The quantitative estimate of drug-likeness (QED) is 0.200. The van der Waals surface area contributed by atoms with Crippen LogP contribution in [-0.4, -0.2) is 53.7 Å². The first kappa shape index (κ1) is 30.2. The topological polar surface area (TPSA) is 79.4 Å². The van der Waals surface area contributed by atoms with E-state index in [2.05, 4.69) is 32.5 Å². The van der Waals surface area contributed by atoms with Gasteiger partial charge in [-0.1, -0.05) is 12.1 Å². The molecule has 1 saturated heterocycles. The molecule has 0 saturated carbocycles. The van der Waals surface area contributed by atoms with Gasteiger partial charge in [0.15, 0.2) is 0 Å². The standard InChI is InChI=1S/C29H32F5N5O2/c1-39-15-11-20(12-16-39)4-3-17-41-25-18-21(10-14-35-25)19-37-26-24(5-2-13-36-26)27(40)38-23-8-6-22(7-9-23)28(30,31)29(32,33)34/h2,5-10,13-14,18,20H,3-4,11-12,15-17,19H2,1H3,(H,36,37)(H,38,40). The van der Waals surface area contributed by atoms with Crippen LogP contribution in [0, 0.1) is 5.92 Å². The van der Waals surface area contributed by atoms with Crippen LogP contribution < -0.4 is 15.4 Å². The Hall–Kier alpha value is -3.80. The number of carbonyl (C=O) groups is 1. The molecule has 0 bridgehead atoms. The van der Waals surface area contributed by atoms with Crippen LogP contribution in [0.4, 0.5) is 33.5 Å². The first-order valence-electron chi connectivity index (χ1n) is 13.3. The summed E-state index contributed by atoms with van der Waals surface area (Å²) >= 11 is 0. The number of hydrogen-bond donors (Lipinski definition) is 2. The number of benzene rings is 1. The zero-order chi connectivity index (χ0) is 29.5. The second-order valence-corrected chi connectivity index (χ2v) is 10.1. The fourth-order valence-corrected chi connectivity index (χ4v) is 4.58. The number of hydrogen-bond acceptors (Lipinski definition) is 6. The number of halogens is 5. The number of nitrogens with one attached hydrogen (secondary N) is 2. The summed E-state index contributed by atoms with van der Waals surface area (Å²) in [5.41, 5.74) is -0.150. The molecule has 1 fully saturated rings. The predicted molar refractivity (Wildman–Crippen MR) is 145 cm³/mol. The van der Waals surface area contributed by atoms with E-state index in [1.54, 1.807) is 18.3 Å². The lowest BCUT2D eigenvalue weighted by molar-refractivity contribution is -0.289. The highest BCUT2D eigenvalue weighted by molar-refractivity contribution is 6.07. The number of amides is 1. The minimum absolute atomic E-state index is 0.0540. The van der Waals surface area contributed by atoms with Gasteiger partial charge in [0.25, 0.3) is 5.91 Å². The van der Waals surface area contributed by atoms with Gasteiger partial charge < -0.3 is 20.3 Å². The van der Waals surface area contributed by atoms with Crippen molar-refractivity contribution in [2.24, 2.45) is 5.92 Å². The number of alkyl halides is 5. The van der Waals surface area contributed by atoms with Crippen LogP contribution >= 0.6 is 0 Å². The van der Waals surface area contributed by atoms with Gasteiger partial charge in [-0.2, -0.15) is 22.0 Å². The average molecular weight is 578 g/mol. The van der Waals surface area contributed by atoms with Crippen LogP contribution in [0.1, 0.15) is 47.2 Å². The third-order valence-corrected chi connectivity index (χ3v) is 7.02. The van der Waals surface area contributed by atoms with E-state index >= 15 is 0 Å². The molecule has 4 rings (SSSR count). The fraction of sp³-hybridized carbons (Fsp3) is 0.414. The van der Waals surface area contributed by atoms with Crippen LogP contribution in [0.5, 0.6) is 5.88 Å². The number of pyridine rings is 2. The molecule has 1 amide bonds. The summed E-state index contributed by atoms with van der Waals surface area (Å²) in [6.45, 7) is 3.17. The lowest BCUT2D eigenvalue weighted by Gasteiger charge is -2.28. The molecule has 12 heteroatoms. The highest BCUT2D eigenvalue weighted by atomic mass is 19.4. The van der Waals surface area contributed by atoms with Gasteiger partial charge in [-0.15, -0.1) is 0 Å². The SMILES string of the molecule is CN1CCC(CCCOc2cc(CNc3ncccc3C(=O)Nc3ccc(C(F)(F)C(F)(F)F)cc3)ccn2)CC1. The van der Waals surface area contributed by atoms with Gasteiger partial charge in [-0.3, -0.25) is 4.79 Å². The summed E-state index contributed by atoms with van der Waals surface area (Å²) < 4.78 is 70.8. The van der Waals surface area contributed by atoms with Crippen LogP contribution in [0.25, 0.3) is 0 Å². The van der Waals surface area contributed by atoms with Gasteiger partial charge in [0.05, 0.1) is 12.2 Å². The third-order valence-electron chi connectivity index (χ3n) is 7.02. The molecule has 1 aromatic carbocycles. The molecule has 0 atom stereocenters. The summed E-state index contributed by atoms with van der Waals surface area (Å²) in [4.78, 5) is 23.7. The van der Waals surface area contributed by atoms with Crippen molar-refractivity contribution in [3.63, 3.8) is 0 Å². The average Bonchev–Trinajstić information content (AvgIpc) is 2.95. The zero-order valence-corrected chi connectivity index (χ0v) is 22.6. The summed E-state index contributed by atoms with van der Waals surface area (Å²) in [6, 6.07) is 9.92.